The molecule has 0 aromatic rings. The van der Waals surface area contributed by atoms with E-state index < -0.39 is 24.1 Å². The average molecular weight is 336 g/mol. The summed E-state index contributed by atoms with van der Waals surface area (Å²) in [4.78, 5) is 11.4. The van der Waals surface area contributed by atoms with Crippen LogP contribution in [0.5, 0.6) is 0 Å². The van der Waals surface area contributed by atoms with E-state index in [9.17, 15) is 20.1 Å². The fourth-order valence-electron chi connectivity index (χ4n) is 3.02. The molecule has 1 rings (SSSR count). The van der Waals surface area contributed by atoms with Crippen LogP contribution < -0.4 is 0 Å². The van der Waals surface area contributed by atoms with Crippen LogP contribution in [0, 0.1) is 5.92 Å². The molecule has 4 heteroatoms. The SMILES string of the molecule is CC(C)=C1C/C=C(\C)CC[C@H](O)[C@H](C(=O)O)[C@H](O)C/C=C(/C)CC1. The normalized spacial score (nSPS) is 32.1. The fraction of sp³-hybridized carbons (Fsp3) is 0.650. The highest BCUT2D eigenvalue weighted by Crippen LogP contribution is 2.24. The standard InChI is InChI=1S/C20H32O4/c1-13(2)16-9-5-14(3)7-11-17(21)19(20(23)24)18(22)12-8-15(4)6-10-16/h5,8,17-19,21-22H,6-7,9-12H2,1-4H3,(H,23,24)/b14-5+,15-8-/t17-,18+,19-/m0/s1. The predicted molar refractivity (Wildman–Crippen MR) is 96.7 cm³/mol. The molecule has 1 aliphatic carbocycles. The molecule has 0 amide bonds. The van der Waals surface area contributed by atoms with Gasteiger partial charge in [0, 0.05) is 0 Å². The lowest BCUT2D eigenvalue weighted by molar-refractivity contribution is -0.151. The number of carboxylic acids is 1. The van der Waals surface area contributed by atoms with Crippen LogP contribution in [0.15, 0.2) is 34.4 Å². The fourth-order valence-corrected chi connectivity index (χ4v) is 3.02. The van der Waals surface area contributed by atoms with E-state index in [2.05, 4.69) is 19.9 Å². The molecule has 0 saturated carbocycles. The molecule has 1 aliphatic rings. The largest absolute Gasteiger partial charge is 0.481 e. The van der Waals surface area contributed by atoms with E-state index >= 15 is 0 Å². The topological polar surface area (TPSA) is 77.8 Å². The number of allylic oxidation sites excluding steroid dienone is 5. The van der Waals surface area contributed by atoms with E-state index in [0.29, 0.717) is 12.8 Å². The van der Waals surface area contributed by atoms with Crippen molar-refractivity contribution in [2.45, 2.75) is 78.4 Å². The number of aliphatic carboxylic acids is 1. The minimum Gasteiger partial charge on any atom is -0.481 e. The lowest BCUT2D eigenvalue weighted by Crippen LogP contribution is -2.38. The third kappa shape index (κ3) is 6.62. The van der Waals surface area contributed by atoms with Crippen LogP contribution in [-0.2, 0) is 4.79 Å². The first kappa shape index (κ1) is 20.7. The molecule has 0 bridgehead atoms. The van der Waals surface area contributed by atoms with Gasteiger partial charge in [-0.1, -0.05) is 34.4 Å². The minimum atomic E-state index is -1.14. The first-order valence-corrected chi connectivity index (χ1v) is 8.77. The van der Waals surface area contributed by atoms with Gasteiger partial charge in [0.2, 0.25) is 0 Å². The Bertz CT molecular complexity index is 524. The number of aliphatic hydroxyl groups is 2. The van der Waals surface area contributed by atoms with Gasteiger partial charge in [-0.05, 0) is 66.2 Å². The van der Waals surface area contributed by atoms with Crippen molar-refractivity contribution in [1.82, 2.24) is 0 Å². The molecule has 24 heavy (non-hydrogen) atoms. The van der Waals surface area contributed by atoms with Crippen molar-refractivity contribution in [2.75, 3.05) is 0 Å². The molecule has 136 valence electrons. The summed E-state index contributed by atoms with van der Waals surface area (Å²) >= 11 is 0. The van der Waals surface area contributed by atoms with Gasteiger partial charge in [0.25, 0.3) is 0 Å². The first-order valence-electron chi connectivity index (χ1n) is 8.77. The van der Waals surface area contributed by atoms with Gasteiger partial charge in [-0.3, -0.25) is 4.79 Å². The summed E-state index contributed by atoms with van der Waals surface area (Å²) in [5.41, 5.74) is 5.05. The average Bonchev–Trinajstić information content (AvgIpc) is 2.49. The second-order valence-corrected chi connectivity index (χ2v) is 7.18. The number of rotatable bonds is 1. The second-order valence-electron chi connectivity index (χ2n) is 7.18. The molecule has 0 heterocycles. The van der Waals surface area contributed by atoms with Gasteiger partial charge in [-0.2, -0.15) is 0 Å². The Kier molecular flexibility index (Phi) is 8.43. The summed E-state index contributed by atoms with van der Waals surface area (Å²) in [6.45, 7) is 8.28. The minimum absolute atomic E-state index is 0.263. The molecular formula is C20H32O4. The van der Waals surface area contributed by atoms with Gasteiger partial charge in [0.15, 0.2) is 0 Å². The van der Waals surface area contributed by atoms with Gasteiger partial charge >= 0.3 is 5.97 Å². The number of carboxylic acid groups (broad SMARTS) is 1. The van der Waals surface area contributed by atoms with Gasteiger partial charge in [-0.25, -0.2) is 0 Å². The highest BCUT2D eigenvalue weighted by Gasteiger charge is 2.32. The number of aliphatic hydroxyl groups excluding tert-OH is 2. The lowest BCUT2D eigenvalue weighted by atomic mass is 9.88. The summed E-state index contributed by atoms with van der Waals surface area (Å²) in [6.07, 6.45) is 6.01. The van der Waals surface area contributed by atoms with Crippen LogP contribution in [0.4, 0.5) is 0 Å². The van der Waals surface area contributed by atoms with Crippen molar-refractivity contribution >= 4 is 5.97 Å². The zero-order valence-electron chi connectivity index (χ0n) is 15.4. The Morgan fingerprint density at radius 2 is 1.62 bits per heavy atom. The molecule has 3 atom stereocenters. The summed E-state index contributed by atoms with van der Waals surface area (Å²) in [7, 11) is 0. The third-order valence-electron chi connectivity index (χ3n) is 4.88. The van der Waals surface area contributed by atoms with Crippen LogP contribution in [0.1, 0.15) is 66.2 Å². The summed E-state index contributed by atoms with van der Waals surface area (Å²) in [5, 5.41) is 29.8. The molecule has 0 fully saturated rings. The van der Waals surface area contributed by atoms with E-state index in [0.717, 1.165) is 30.4 Å². The van der Waals surface area contributed by atoms with Crippen LogP contribution in [0.25, 0.3) is 0 Å². The van der Waals surface area contributed by atoms with Crippen LogP contribution in [0.3, 0.4) is 0 Å². The van der Waals surface area contributed by atoms with E-state index in [1.807, 2.05) is 19.9 Å². The predicted octanol–water partition coefficient (Wildman–Crippen LogP) is 3.99. The zero-order chi connectivity index (χ0) is 18.3. The van der Waals surface area contributed by atoms with E-state index in [1.165, 1.54) is 11.1 Å². The molecule has 0 unspecified atom stereocenters. The Morgan fingerprint density at radius 3 is 2.21 bits per heavy atom. The number of hydrogen-bond donors (Lipinski definition) is 3. The molecule has 0 spiro atoms. The van der Waals surface area contributed by atoms with E-state index in [1.54, 1.807) is 0 Å². The maximum Gasteiger partial charge on any atom is 0.311 e. The number of carbonyl (C=O) groups is 1. The molecule has 0 saturated heterocycles. The van der Waals surface area contributed by atoms with Gasteiger partial charge in [0.1, 0.15) is 5.92 Å². The Labute approximate surface area is 145 Å². The third-order valence-corrected chi connectivity index (χ3v) is 4.88. The van der Waals surface area contributed by atoms with Gasteiger partial charge in [0.05, 0.1) is 12.2 Å². The summed E-state index contributed by atoms with van der Waals surface area (Å²) in [5.74, 6) is -2.28. The van der Waals surface area contributed by atoms with Crippen LogP contribution in [0.2, 0.25) is 0 Å². The summed E-state index contributed by atoms with van der Waals surface area (Å²) in [6, 6.07) is 0. The van der Waals surface area contributed by atoms with Crippen molar-refractivity contribution in [3.8, 4) is 0 Å². The molecule has 4 nitrogen and oxygen atoms in total. The molecule has 0 aromatic heterocycles. The van der Waals surface area contributed by atoms with Crippen LogP contribution in [-0.4, -0.2) is 33.5 Å². The van der Waals surface area contributed by atoms with Gasteiger partial charge in [-0.15, -0.1) is 0 Å². The quantitative estimate of drug-likeness (QED) is 0.633. The molecule has 0 radical (unpaired) electrons. The second kappa shape index (κ2) is 9.80. The molecule has 3 N–H and O–H groups in total. The van der Waals surface area contributed by atoms with Crippen molar-refractivity contribution in [1.29, 1.82) is 0 Å². The molecule has 0 aromatic carbocycles. The van der Waals surface area contributed by atoms with Gasteiger partial charge < -0.3 is 15.3 Å². The number of hydrogen-bond acceptors (Lipinski definition) is 3. The molecule has 0 aliphatic heterocycles. The maximum absolute atomic E-state index is 11.4. The highest BCUT2D eigenvalue weighted by molar-refractivity contribution is 5.71. The van der Waals surface area contributed by atoms with Crippen molar-refractivity contribution < 1.29 is 20.1 Å². The van der Waals surface area contributed by atoms with E-state index in [-0.39, 0.29) is 6.42 Å². The van der Waals surface area contributed by atoms with Crippen molar-refractivity contribution in [3.05, 3.63) is 34.4 Å². The van der Waals surface area contributed by atoms with Crippen LogP contribution >= 0.6 is 0 Å². The Balaban J connectivity index is 3.03. The Morgan fingerprint density at radius 1 is 1.00 bits per heavy atom. The Hall–Kier alpha value is -1.39. The zero-order valence-corrected chi connectivity index (χ0v) is 15.4. The summed E-state index contributed by atoms with van der Waals surface area (Å²) < 4.78 is 0. The van der Waals surface area contributed by atoms with Crippen molar-refractivity contribution in [2.24, 2.45) is 5.92 Å². The first-order chi connectivity index (χ1) is 11.2. The van der Waals surface area contributed by atoms with Crippen molar-refractivity contribution in [3.63, 3.8) is 0 Å². The van der Waals surface area contributed by atoms with E-state index in [4.69, 9.17) is 0 Å². The smallest absolute Gasteiger partial charge is 0.311 e. The maximum atomic E-state index is 11.4. The lowest BCUT2D eigenvalue weighted by Gasteiger charge is -2.24. The molecular weight excluding hydrogens is 304 g/mol. The highest BCUT2D eigenvalue weighted by atomic mass is 16.4. The monoisotopic (exact) mass is 336 g/mol.